The van der Waals surface area contributed by atoms with Gasteiger partial charge in [-0.05, 0) is 81.0 Å². The summed E-state index contributed by atoms with van der Waals surface area (Å²) < 4.78 is 11.0. The van der Waals surface area contributed by atoms with Crippen LogP contribution in [-0.2, 0) is 23.9 Å². The van der Waals surface area contributed by atoms with E-state index < -0.39 is 17.4 Å². The first-order chi connectivity index (χ1) is 15.1. The Balaban J connectivity index is 1.88. The quantitative estimate of drug-likeness (QED) is 0.333. The van der Waals surface area contributed by atoms with Crippen molar-refractivity contribution in [1.29, 1.82) is 0 Å². The van der Waals surface area contributed by atoms with Gasteiger partial charge < -0.3 is 9.47 Å². The number of cyclic esters (lactones) is 2. The Morgan fingerprint density at radius 3 is 2.18 bits per heavy atom. The lowest BCUT2D eigenvalue weighted by Gasteiger charge is -2.44. The van der Waals surface area contributed by atoms with Gasteiger partial charge in [-0.2, -0.15) is 0 Å². The fourth-order valence-electron chi connectivity index (χ4n) is 7.53. The summed E-state index contributed by atoms with van der Waals surface area (Å²) >= 11 is 0. The number of fused-ring (bicyclic) bond motifs is 2. The molecule has 1 aliphatic heterocycles. The molecule has 3 aliphatic rings. The number of unbranched alkanes of at least 4 members (excludes halogenated alkanes) is 1. The van der Waals surface area contributed by atoms with Crippen LogP contribution in [0.5, 0.6) is 0 Å². The zero-order valence-corrected chi connectivity index (χ0v) is 22.3. The standard InChI is InChI=1S/C28H46O5/c1-10-11-12-28(8,9)22-20(23(29)32-25(22)31)15-18-17-13-16(21(18)26(2,3)4)14-19(17)24(30)33-27(5,6)7/h16-22H,10-15H2,1-9H3. The second kappa shape index (κ2) is 9.00. The van der Waals surface area contributed by atoms with Gasteiger partial charge in [0.05, 0.1) is 17.8 Å². The summed E-state index contributed by atoms with van der Waals surface area (Å²) in [5.41, 5.74) is -0.722. The zero-order valence-electron chi connectivity index (χ0n) is 22.3. The monoisotopic (exact) mass is 462 g/mol. The van der Waals surface area contributed by atoms with Crippen molar-refractivity contribution in [2.45, 2.75) is 106 Å². The number of carbonyl (C=O) groups is 3. The fraction of sp³-hybridized carbons (Fsp3) is 0.893. The predicted molar refractivity (Wildman–Crippen MR) is 128 cm³/mol. The molecule has 0 aromatic carbocycles. The van der Waals surface area contributed by atoms with Gasteiger partial charge in [-0.1, -0.05) is 54.4 Å². The highest BCUT2D eigenvalue weighted by Crippen LogP contribution is 2.63. The lowest BCUT2D eigenvalue weighted by molar-refractivity contribution is -0.164. The third-order valence-electron chi connectivity index (χ3n) is 8.58. The van der Waals surface area contributed by atoms with Gasteiger partial charge in [0.15, 0.2) is 0 Å². The predicted octanol–water partition coefficient (Wildman–Crippen LogP) is 6.18. The average molecular weight is 463 g/mol. The fourth-order valence-corrected chi connectivity index (χ4v) is 7.53. The number of ether oxygens (including phenoxy) is 2. The highest BCUT2D eigenvalue weighted by Gasteiger charge is 2.61. The SMILES string of the molecule is CCCCC(C)(C)C1C(=O)OC(=O)C1CC1C2CC(CC2C(=O)OC(C)(C)C)C1C(C)(C)C. The van der Waals surface area contributed by atoms with E-state index in [2.05, 4.69) is 41.5 Å². The highest BCUT2D eigenvalue weighted by molar-refractivity contribution is 5.96. The minimum absolute atomic E-state index is 0.0722. The number of rotatable bonds is 7. The first-order valence-corrected chi connectivity index (χ1v) is 13.0. The van der Waals surface area contributed by atoms with Gasteiger partial charge in [-0.25, -0.2) is 0 Å². The molecule has 3 fully saturated rings. The number of hydrogen-bond acceptors (Lipinski definition) is 5. The molecule has 188 valence electrons. The molecule has 0 aromatic rings. The van der Waals surface area contributed by atoms with Crippen LogP contribution in [0.15, 0.2) is 0 Å². The molecule has 2 bridgehead atoms. The second-order valence-corrected chi connectivity index (χ2v) is 13.7. The molecular formula is C28H46O5. The lowest BCUT2D eigenvalue weighted by atomic mass is 9.60. The average Bonchev–Trinajstić information content (AvgIpc) is 3.29. The molecule has 33 heavy (non-hydrogen) atoms. The number of carbonyl (C=O) groups excluding carboxylic acids is 3. The van der Waals surface area contributed by atoms with E-state index in [1.54, 1.807) is 0 Å². The van der Waals surface area contributed by atoms with E-state index >= 15 is 0 Å². The van der Waals surface area contributed by atoms with Crippen LogP contribution in [0.2, 0.25) is 0 Å². The van der Waals surface area contributed by atoms with E-state index in [0.717, 1.165) is 32.1 Å². The molecule has 0 spiro atoms. The maximum atomic E-state index is 13.1. The Kier molecular flexibility index (Phi) is 7.15. The van der Waals surface area contributed by atoms with Crippen molar-refractivity contribution < 1.29 is 23.9 Å². The molecule has 0 amide bonds. The third kappa shape index (κ3) is 5.32. The molecule has 0 aromatic heterocycles. The first-order valence-electron chi connectivity index (χ1n) is 13.0. The van der Waals surface area contributed by atoms with E-state index in [1.165, 1.54) is 0 Å². The topological polar surface area (TPSA) is 69.7 Å². The summed E-state index contributed by atoms with van der Waals surface area (Å²) in [6.07, 6.45) is 5.49. The van der Waals surface area contributed by atoms with E-state index in [4.69, 9.17) is 9.47 Å². The van der Waals surface area contributed by atoms with Crippen LogP contribution in [0.3, 0.4) is 0 Å². The van der Waals surface area contributed by atoms with Crippen molar-refractivity contribution in [3.8, 4) is 0 Å². The Morgan fingerprint density at radius 1 is 1.00 bits per heavy atom. The third-order valence-corrected chi connectivity index (χ3v) is 8.58. The van der Waals surface area contributed by atoms with Gasteiger partial charge in [0.25, 0.3) is 0 Å². The molecule has 7 atom stereocenters. The van der Waals surface area contributed by atoms with Crippen molar-refractivity contribution in [3.63, 3.8) is 0 Å². The number of hydrogen-bond donors (Lipinski definition) is 0. The molecule has 7 unspecified atom stereocenters. The smallest absolute Gasteiger partial charge is 0.318 e. The Morgan fingerprint density at radius 2 is 1.64 bits per heavy atom. The van der Waals surface area contributed by atoms with Crippen molar-refractivity contribution in [2.75, 3.05) is 0 Å². The second-order valence-electron chi connectivity index (χ2n) is 13.7. The van der Waals surface area contributed by atoms with Crippen molar-refractivity contribution >= 4 is 17.9 Å². The van der Waals surface area contributed by atoms with Crippen LogP contribution in [-0.4, -0.2) is 23.5 Å². The molecule has 2 aliphatic carbocycles. The van der Waals surface area contributed by atoms with Gasteiger partial charge in [-0.3, -0.25) is 14.4 Å². The largest absolute Gasteiger partial charge is 0.460 e. The maximum Gasteiger partial charge on any atom is 0.318 e. The summed E-state index contributed by atoms with van der Waals surface area (Å²) in [5.74, 6) is -0.458. The molecule has 1 saturated heterocycles. The molecule has 0 N–H and O–H groups in total. The van der Waals surface area contributed by atoms with Crippen molar-refractivity contribution in [3.05, 3.63) is 0 Å². The van der Waals surface area contributed by atoms with E-state index in [9.17, 15) is 14.4 Å². The van der Waals surface area contributed by atoms with Crippen LogP contribution < -0.4 is 0 Å². The number of esters is 3. The molecule has 5 heteroatoms. The van der Waals surface area contributed by atoms with Gasteiger partial charge in [-0.15, -0.1) is 0 Å². The minimum atomic E-state index is -0.506. The van der Waals surface area contributed by atoms with Crippen LogP contribution in [0.25, 0.3) is 0 Å². The van der Waals surface area contributed by atoms with Crippen LogP contribution in [0, 0.1) is 52.3 Å². The van der Waals surface area contributed by atoms with Gasteiger partial charge in [0.1, 0.15) is 5.60 Å². The highest BCUT2D eigenvalue weighted by atomic mass is 16.6. The Hall–Kier alpha value is -1.39. The van der Waals surface area contributed by atoms with Crippen molar-refractivity contribution in [1.82, 2.24) is 0 Å². The molecule has 0 radical (unpaired) electrons. The zero-order chi connectivity index (χ0) is 24.9. The van der Waals surface area contributed by atoms with Crippen LogP contribution in [0.1, 0.15) is 101 Å². The summed E-state index contributed by atoms with van der Waals surface area (Å²) in [7, 11) is 0. The van der Waals surface area contributed by atoms with Crippen LogP contribution in [0.4, 0.5) is 0 Å². The first kappa shape index (κ1) is 26.2. The minimum Gasteiger partial charge on any atom is -0.460 e. The van der Waals surface area contributed by atoms with E-state index in [0.29, 0.717) is 18.3 Å². The summed E-state index contributed by atoms with van der Waals surface area (Å²) in [6, 6.07) is 0. The maximum absolute atomic E-state index is 13.1. The van der Waals surface area contributed by atoms with E-state index in [-0.39, 0.29) is 46.5 Å². The summed E-state index contributed by atoms with van der Waals surface area (Å²) in [4.78, 5) is 38.8. The van der Waals surface area contributed by atoms with E-state index in [1.807, 2.05) is 20.8 Å². The molecular weight excluding hydrogens is 416 g/mol. The van der Waals surface area contributed by atoms with Crippen molar-refractivity contribution in [2.24, 2.45) is 52.3 Å². The Labute approximate surface area is 200 Å². The molecule has 1 heterocycles. The Bertz CT molecular complexity index is 768. The molecule has 2 saturated carbocycles. The summed E-state index contributed by atoms with van der Waals surface area (Å²) in [5, 5.41) is 0. The lowest BCUT2D eigenvalue weighted by Crippen LogP contribution is -2.43. The van der Waals surface area contributed by atoms with Gasteiger partial charge in [0, 0.05) is 0 Å². The summed E-state index contributed by atoms with van der Waals surface area (Å²) in [6.45, 7) is 18.9. The van der Waals surface area contributed by atoms with Gasteiger partial charge >= 0.3 is 17.9 Å². The molecule has 3 rings (SSSR count). The van der Waals surface area contributed by atoms with Crippen LogP contribution >= 0.6 is 0 Å². The normalized spacial score (nSPS) is 34.6. The molecule has 5 nitrogen and oxygen atoms in total. The van der Waals surface area contributed by atoms with Gasteiger partial charge in [0.2, 0.25) is 0 Å².